The van der Waals surface area contributed by atoms with E-state index in [9.17, 15) is 87.5 Å². The first-order chi connectivity index (χ1) is 63.6. The molecule has 5 aliphatic rings. The summed E-state index contributed by atoms with van der Waals surface area (Å²) < 4.78 is 0. The number of aromatic hydroxyl groups is 1. The smallest absolute Gasteiger partial charge is 0.326 e. The Balaban J connectivity index is 1.36. The molecule has 1 aromatic heterocycles. The number of primary amides is 2. The maximum atomic E-state index is 15.8. The van der Waals surface area contributed by atoms with Crippen LogP contribution in [0.25, 0.3) is 10.9 Å². The van der Waals surface area contributed by atoms with Crippen molar-refractivity contribution in [3.8, 4) is 5.75 Å². The van der Waals surface area contributed by atoms with Crippen molar-refractivity contribution in [3.05, 3.63) is 65.9 Å². The SMILES string of the molecule is CC(C)C[C@@H]1NC(=O)[C@@H]2CCCN2C(=O)CNC(=O)[C@H](Cc2ccc(O)cc2)NC(=O)[C@@H]2CNCCCC[C@@H](C(=O)O)NC(=O)[C@@H]3CCSC[C@H](N)C(=O)N[C@@H](C)C(=O)N[C@@H](CC(N)=O)C(=O)N[C@H]4CSC[C@H](NC(=O)[C@H](CO)NC(=O)[C@H](Cc5c[nH]c6ccccc56)NC(=O)[C@H](CCSC[C@H](NC4=O)C(=O)N2)NC1=O)C(=O)N[C@@H](CC(=O)O)C(=O)NCC(=O)N[C@@H](CC(N)=O)C(=O)N3. The van der Waals surface area contributed by atoms with Gasteiger partial charge in [0.15, 0.2) is 0 Å². The number of phenols is 1. The van der Waals surface area contributed by atoms with Gasteiger partial charge in [-0.3, -0.25) is 101 Å². The third kappa shape index (κ3) is 33.1. The molecule has 2 aromatic carbocycles. The highest BCUT2D eigenvalue weighted by atomic mass is 32.2. The molecular formula is C82H115N23O26S3. The van der Waals surface area contributed by atoms with Crippen molar-refractivity contribution in [3.63, 3.8) is 0 Å². The summed E-state index contributed by atoms with van der Waals surface area (Å²) in [5, 5.41) is 86.9. The number of nitrogens with two attached hydrogens (primary N) is 3. The molecule has 0 radical (unpaired) electrons. The maximum Gasteiger partial charge on any atom is 0.326 e. The van der Waals surface area contributed by atoms with Gasteiger partial charge in [0, 0.05) is 66.0 Å². The fourth-order valence-corrected chi connectivity index (χ4v) is 17.8. The second-order valence-corrected chi connectivity index (χ2v) is 36.3. The second kappa shape index (κ2) is 51.9. The van der Waals surface area contributed by atoms with Crippen LogP contribution in [-0.4, -0.2) is 337 Å². The van der Waals surface area contributed by atoms with Gasteiger partial charge in [-0.1, -0.05) is 44.2 Å². The number of phenolic OH excluding ortho intramolecular Hbond substituents is 1. The van der Waals surface area contributed by atoms with Crippen LogP contribution in [0.15, 0.2) is 54.7 Å². The Morgan fingerprint density at radius 2 is 0.948 bits per heavy atom. The first-order valence-corrected chi connectivity index (χ1v) is 46.7. The Morgan fingerprint density at radius 1 is 0.463 bits per heavy atom. The number of rotatable bonds is 14. The molecule has 29 N–H and O–H groups in total. The van der Waals surface area contributed by atoms with Gasteiger partial charge in [0.25, 0.3) is 0 Å². The molecule has 5 saturated heterocycles. The number of amides is 20. The summed E-state index contributed by atoms with van der Waals surface area (Å²) in [5.74, 6) is -31.6. The summed E-state index contributed by atoms with van der Waals surface area (Å²) in [6.07, 6.45) is -4.02. The zero-order valence-electron chi connectivity index (χ0n) is 73.4. The summed E-state index contributed by atoms with van der Waals surface area (Å²) in [6.45, 7) is 0.364. The van der Waals surface area contributed by atoms with Gasteiger partial charge in [-0.15, -0.1) is 0 Å². The Bertz CT molecular complexity index is 4840. The number of para-hydroxylation sites is 1. The van der Waals surface area contributed by atoms with Gasteiger partial charge in [0.2, 0.25) is 118 Å². The number of aromatic nitrogens is 1. The molecule has 0 unspecified atom stereocenters. The molecule has 0 saturated carbocycles. The summed E-state index contributed by atoms with van der Waals surface area (Å²) >= 11 is 2.13. The lowest BCUT2D eigenvalue weighted by atomic mass is 10.0. The highest BCUT2D eigenvalue weighted by molar-refractivity contribution is 7.99. The number of hydrogen-bond donors (Lipinski definition) is 26. The van der Waals surface area contributed by atoms with Crippen LogP contribution < -0.4 is 113 Å². The molecule has 5 aliphatic heterocycles. The summed E-state index contributed by atoms with van der Waals surface area (Å²) in [6, 6.07) is -19.6. The molecule has 6 bridgehead atoms. The zero-order chi connectivity index (χ0) is 98.2. The largest absolute Gasteiger partial charge is 0.508 e. The van der Waals surface area contributed by atoms with E-state index in [0.29, 0.717) is 33.8 Å². The summed E-state index contributed by atoms with van der Waals surface area (Å²) in [7, 11) is 0. The number of aromatic amines is 1. The number of nitrogens with one attached hydrogen (secondary N) is 19. The molecule has 3 aromatic rings. The van der Waals surface area contributed by atoms with Gasteiger partial charge in [0.1, 0.15) is 102 Å². The molecule has 0 spiro atoms. The van der Waals surface area contributed by atoms with E-state index in [4.69, 9.17) is 17.2 Å². The van der Waals surface area contributed by atoms with Crippen LogP contribution in [0.3, 0.4) is 0 Å². The first-order valence-electron chi connectivity index (χ1n) is 43.2. The molecule has 52 heteroatoms. The standard InChI is InChI=1S/C82H115N23O26S3/c1-38(2)23-49-72(120)92-47-18-22-133-35-57-79(127)100-55(76(124)96-50(24-40-13-15-42(107)16-14-40)68(116)89-32-64(111)105-20-8-12-60(105)81(129)99-49)30-86-19-7-6-11-48(82(130)131)94-70(118)46-17-21-132-34-44(83)67(115)90-39(3)66(114)95-53(27-62(85)109)75(123)102-59(80(128)104-57)37-134-36-58(78(126)98-54(28-65(112)113)69(117)88-31-63(110)91-52(26-61(84)108)74(122)93-46)103-77(125)56(33-106)101-73(121)51(97-71(47)119)25-41-29-87-45-10-5-4-9-43(41)45/h4-5,9-10,13-16,29,38-39,44,46-60,86-87,106-107H,6-8,11-12,17-28,30-37,83H2,1-3H3,(H2,84,108)(H2,85,109)(H,88,117)(H,89,116)(H,90,115)(H,91,110)(H,92,120)(H,93,122)(H,94,118)(H,95,114)(H,96,124)(H,97,119)(H,98,126)(H,99,129)(H,100,127)(H,101,121)(H,102,123)(H,103,125)(H,104,128)(H,112,113)(H,130,131)/t39-,44-,46-,47-,48-,49-,50-,51-,52-,53-,54-,55-,56-,57-,58-,59-,60-/m0/s1. The minimum Gasteiger partial charge on any atom is -0.508 e. The molecule has 732 valence electrons. The van der Waals surface area contributed by atoms with Crippen LogP contribution in [0.5, 0.6) is 5.75 Å². The molecular weight excluding hydrogens is 1820 g/mol. The fraction of sp³-hybridized carbons (Fsp3) is 0.561. The maximum absolute atomic E-state index is 15.8. The van der Waals surface area contributed by atoms with Crippen molar-refractivity contribution in [2.75, 3.05) is 73.8 Å². The number of carboxylic acid groups (broad SMARTS) is 2. The van der Waals surface area contributed by atoms with E-state index in [1.807, 2.05) is 0 Å². The molecule has 8 rings (SSSR count). The molecule has 20 amide bonds. The van der Waals surface area contributed by atoms with E-state index < -0.39 is 327 Å². The molecule has 134 heavy (non-hydrogen) atoms. The monoisotopic (exact) mass is 1930 g/mol. The highest BCUT2D eigenvalue weighted by Gasteiger charge is 2.43. The van der Waals surface area contributed by atoms with E-state index in [-0.39, 0.29) is 74.6 Å². The van der Waals surface area contributed by atoms with E-state index in [1.54, 1.807) is 38.1 Å². The normalized spacial score (nSPS) is 27.9. The number of carbonyl (C=O) groups is 22. The van der Waals surface area contributed by atoms with Crippen molar-refractivity contribution in [1.29, 1.82) is 0 Å². The van der Waals surface area contributed by atoms with Gasteiger partial charge in [-0.25, -0.2) is 4.79 Å². The number of hydrogen-bond acceptors (Lipinski definition) is 29. The number of aliphatic hydroxyl groups excluding tert-OH is 1. The molecule has 6 heterocycles. The lowest BCUT2D eigenvalue weighted by Crippen LogP contribution is -2.62. The Labute approximate surface area is 779 Å². The first kappa shape index (κ1) is 106. The van der Waals surface area contributed by atoms with E-state index in [0.717, 1.165) is 30.4 Å². The number of aliphatic carboxylic acids is 2. The number of aliphatic hydroxyl groups is 1. The third-order valence-electron chi connectivity index (χ3n) is 21.9. The van der Waals surface area contributed by atoms with Crippen molar-refractivity contribution in [1.82, 2.24) is 106 Å². The lowest BCUT2D eigenvalue weighted by molar-refractivity contribution is -0.143. The average Bonchev–Trinajstić information content (AvgIpc) is 1.63. The van der Waals surface area contributed by atoms with Crippen LogP contribution in [0.4, 0.5) is 0 Å². The van der Waals surface area contributed by atoms with Gasteiger partial charge >= 0.3 is 11.9 Å². The quantitative estimate of drug-likeness (QED) is 0.0667. The minimum absolute atomic E-state index is 0.0127. The van der Waals surface area contributed by atoms with Crippen molar-refractivity contribution >= 4 is 176 Å². The van der Waals surface area contributed by atoms with Crippen molar-refractivity contribution in [2.24, 2.45) is 23.1 Å². The van der Waals surface area contributed by atoms with Gasteiger partial charge in [-0.2, -0.15) is 35.3 Å². The average molecular weight is 1940 g/mol. The Morgan fingerprint density at radius 3 is 1.56 bits per heavy atom. The Hall–Kier alpha value is -12.9. The number of carbonyl (C=O) groups excluding carboxylic acids is 20. The molecule has 17 atom stereocenters. The van der Waals surface area contributed by atoms with Crippen LogP contribution in [0, 0.1) is 5.92 Å². The lowest BCUT2D eigenvalue weighted by Gasteiger charge is -2.29. The highest BCUT2D eigenvalue weighted by Crippen LogP contribution is 2.24. The van der Waals surface area contributed by atoms with Gasteiger partial charge < -0.3 is 143 Å². The van der Waals surface area contributed by atoms with Crippen molar-refractivity contribution < 1.29 is 126 Å². The van der Waals surface area contributed by atoms with Crippen molar-refractivity contribution in [2.45, 2.75) is 207 Å². The second-order valence-electron chi connectivity index (χ2n) is 32.9. The fourth-order valence-electron chi connectivity index (χ4n) is 14.7. The predicted octanol–water partition coefficient (Wildman–Crippen LogP) is -10.4. The number of nitrogens with zero attached hydrogens (tertiary/aromatic N) is 1. The van der Waals surface area contributed by atoms with Crippen LogP contribution in [0.1, 0.15) is 103 Å². The van der Waals surface area contributed by atoms with Gasteiger partial charge in [-0.05, 0) is 112 Å². The van der Waals surface area contributed by atoms with E-state index in [2.05, 4.69) is 101 Å². The molecule has 0 aliphatic carbocycles. The summed E-state index contributed by atoms with van der Waals surface area (Å²) in [5.41, 5.74) is 18.7. The Kier molecular flexibility index (Phi) is 41.2. The number of carboxylic acids is 2. The van der Waals surface area contributed by atoms with E-state index in [1.165, 1.54) is 35.4 Å². The number of thioether (sulfide) groups is 3. The zero-order valence-corrected chi connectivity index (χ0v) is 75.9. The van der Waals surface area contributed by atoms with Crippen LogP contribution in [0.2, 0.25) is 0 Å². The number of H-pyrrole nitrogens is 1. The van der Waals surface area contributed by atoms with Crippen LogP contribution in [-0.2, 0) is 118 Å². The topological polar surface area (TPSA) is 770 Å². The molecule has 5 fully saturated rings. The molecule has 49 nitrogen and oxygen atoms in total. The van der Waals surface area contributed by atoms with E-state index >= 15 is 38.4 Å². The minimum atomic E-state index is -2.28. The van der Waals surface area contributed by atoms with Gasteiger partial charge in [0.05, 0.1) is 45.0 Å². The number of benzene rings is 2. The number of fused-ring (bicyclic) bond motifs is 25. The predicted molar refractivity (Wildman–Crippen MR) is 479 cm³/mol. The van der Waals surface area contributed by atoms with Crippen LogP contribution >= 0.6 is 35.3 Å². The summed E-state index contributed by atoms with van der Waals surface area (Å²) in [4.78, 5) is 323. The third-order valence-corrected chi connectivity index (χ3v) is 25.3.